The van der Waals surface area contributed by atoms with Gasteiger partial charge in [-0.05, 0) is 73.6 Å². The third-order valence-electron chi connectivity index (χ3n) is 6.91. The van der Waals surface area contributed by atoms with Crippen molar-refractivity contribution in [3.8, 4) is 11.8 Å². The molecule has 0 heterocycles. The van der Waals surface area contributed by atoms with Crippen LogP contribution >= 0.6 is 0 Å². The fraction of sp³-hybridized carbons (Fsp3) is 0.333. The number of anilines is 1. The van der Waals surface area contributed by atoms with Crippen molar-refractivity contribution >= 4 is 25.7 Å². The Morgan fingerprint density at radius 2 is 1.43 bits per heavy atom. The van der Waals surface area contributed by atoms with Gasteiger partial charge in [-0.3, -0.25) is 4.31 Å². The molecule has 7 nitrogen and oxygen atoms in total. The maximum atomic E-state index is 14.6. The van der Waals surface area contributed by atoms with E-state index in [-0.39, 0.29) is 33.5 Å². The van der Waals surface area contributed by atoms with Crippen LogP contribution in [0.3, 0.4) is 0 Å². The van der Waals surface area contributed by atoms with Gasteiger partial charge in [-0.25, -0.2) is 21.1 Å². The zero-order valence-electron chi connectivity index (χ0n) is 23.0. The van der Waals surface area contributed by atoms with Gasteiger partial charge in [0.15, 0.2) is 0 Å². The fourth-order valence-electron chi connectivity index (χ4n) is 4.36. The van der Waals surface area contributed by atoms with Crippen LogP contribution in [0.2, 0.25) is 0 Å². The van der Waals surface area contributed by atoms with E-state index in [1.165, 1.54) is 78.1 Å². The zero-order chi connectivity index (χ0) is 30.8. The molecule has 0 aromatic heterocycles. The lowest BCUT2D eigenvalue weighted by molar-refractivity contribution is -0.240. The van der Waals surface area contributed by atoms with Crippen LogP contribution in [0.25, 0.3) is 0 Å². The van der Waals surface area contributed by atoms with Crippen LogP contribution < -0.4 is 4.31 Å². The average molecular weight is 621 g/mol. The van der Waals surface area contributed by atoms with Gasteiger partial charge in [0, 0.05) is 31.3 Å². The van der Waals surface area contributed by atoms with Crippen LogP contribution in [0.5, 0.6) is 0 Å². The Bertz CT molecular complexity index is 1680. The van der Waals surface area contributed by atoms with Gasteiger partial charge in [-0.2, -0.15) is 13.2 Å². The second-order valence-corrected chi connectivity index (χ2v) is 14.0. The minimum Gasteiger partial charge on any atom is -0.366 e. The Hall–Kier alpha value is -3.37. The smallest absolute Gasteiger partial charge is 0.366 e. The Balaban J connectivity index is 1.79. The van der Waals surface area contributed by atoms with Gasteiger partial charge in [-0.1, -0.05) is 49.2 Å². The summed E-state index contributed by atoms with van der Waals surface area (Å²) >= 11 is 0. The van der Waals surface area contributed by atoms with E-state index in [9.17, 15) is 35.1 Å². The normalized spacial score (nSPS) is 15.5. The number of benzene rings is 3. The topological polar surface area (TPSA) is 95.0 Å². The first-order valence-corrected chi connectivity index (χ1v) is 16.2. The SMILES string of the molecule is CCCN(C)S(=O)(=O)c1ccc(C#CC(O)(c2ccccc2N(CC2CC2)S(=O)(=O)c2ccccc2)C(F)(F)F)cc1. The molecule has 1 unspecified atom stereocenters. The third kappa shape index (κ3) is 6.49. The van der Waals surface area contributed by atoms with Crippen molar-refractivity contribution in [1.29, 1.82) is 0 Å². The highest BCUT2D eigenvalue weighted by Gasteiger charge is 2.56. The Morgan fingerprint density at radius 3 is 2.00 bits per heavy atom. The first-order valence-electron chi connectivity index (χ1n) is 13.3. The van der Waals surface area contributed by atoms with E-state index < -0.39 is 37.4 Å². The molecule has 4 rings (SSSR count). The molecule has 42 heavy (non-hydrogen) atoms. The molecule has 1 atom stereocenters. The number of hydrogen-bond donors (Lipinski definition) is 1. The first kappa shape index (κ1) is 31.6. The summed E-state index contributed by atoms with van der Waals surface area (Å²) in [5.41, 5.74) is -4.78. The molecular formula is C30H31F3N2O5S2. The molecule has 0 spiro atoms. The number of aliphatic hydroxyl groups is 1. The molecule has 0 radical (unpaired) electrons. The number of para-hydroxylation sites is 1. The molecule has 3 aromatic carbocycles. The largest absolute Gasteiger partial charge is 0.433 e. The standard InChI is InChI=1S/C30H31F3N2O5S2/c1-3-21-34(2)41(37,38)26-17-15-23(16-18-26)19-20-29(36,30(31,32)33)27-11-7-8-12-28(27)35(22-24-13-14-24)42(39,40)25-9-5-4-6-10-25/h4-12,15-18,24,36H,3,13-14,21-22H2,1-2H3. The van der Waals surface area contributed by atoms with Gasteiger partial charge in [-0.15, -0.1) is 0 Å². The van der Waals surface area contributed by atoms with E-state index in [1.54, 1.807) is 6.07 Å². The van der Waals surface area contributed by atoms with Crippen LogP contribution in [0.1, 0.15) is 37.3 Å². The quantitative estimate of drug-likeness (QED) is 0.318. The summed E-state index contributed by atoms with van der Waals surface area (Å²) in [7, 11) is -6.65. The van der Waals surface area contributed by atoms with Crippen LogP contribution in [0.4, 0.5) is 18.9 Å². The van der Waals surface area contributed by atoms with Crippen molar-refractivity contribution in [3.63, 3.8) is 0 Å². The Labute approximate surface area is 244 Å². The summed E-state index contributed by atoms with van der Waals surface area (Å²) in [6.07, 6.45) is -3.26. The monoisotopic (exact) mass is 620 g/mol. The molecule has 0 amide bonds. The Morgan fingerprint density at radius 1 is 0.857 bits per heavy atom. The highest BCUT2D eigenvalue weighted by molar-refractivity contribution is 7.92. The number of hydrogen-bond acceptors (Lipinski definition) is 5. The predicted octanol–water partition coefficient (Wildman–Crippen LogP) is 5.12. The number of sulfonamides is 2. The van der Waals surface area contributed by atoms with E-state index in [4.69, 9.17) is 0 Å². The van der Waals surface area contributed by atoms with E-state index in [0.717, 1.165) is 23.2 Å². The highest BCUT2D eigenvalue weighted by Crippen LogP contribution is 2.44. The summed E-state index contributed by atoms with van der Waals surface area (Å²) in [5, 5.41) is 11.2. The van der Waals surface area contributed by atoms with Gasteiger partial charge in [0.1, 0.15) is 0 Å². The van der Waals surface area contributed by atoms with Crippen molar-refractivity contribution in [2.45, 2.75) is 47.8 Å². The minimum atomic E-state index is -5.32. The molecule has 1 saturated carbocycles. The van der Waals surface area contributed by atoms with Gasteiger partial charge < -0.3 is 5.11 Å². The van der Waals surface area contributed by atoms with E-state index in [0.29, 0.717) is 13.0 Å². The van der Waals surface area contributed by atoms with Gasteiger partial charge in [0.05, 0.1) is 15.5 Å². The first-order chi connectivity index (χ1) is 19.7. The molecular weight excluding hydrogens is 589 g/mol. The molecule has 1 N–H and O–H groups in total. The predicted molar refractivity (Wildman–Crippen MR) is 154 cm³/mol. The van der Waals surface area contributed by atoms with Gasteiger partial charge in [0.25, 0.3) is 15.6 Å². The molecule has 0 saturated heterocycles. The van der Waals surface area contributed by atoms with Crippen molar-refractivity contribution in [3.05, 3.63) is 90.0 Å². The number of rotatable bonds is 10. The second kappa shape index (κ2) is 12.1. The van der Waals surface area contributed by atoms with Gasteiger partial charge >= 0.3 is 6.18 Å². The summed E-state index contributed by atoms with van der Waals surface area (Å²) < 4.78 is 98.6. The second-order valence-electron chi connectivity index (χ2n) is 10.1. The van der Waals surface area contributed by atoms with Crippen LogP contribution in [0.15, 0.2) is 88.7 Å². The van der Waals surface area contributed by atoms with E-state index in [2.05, 4.69) is 5.92 Å². The number of halogens is 3. The molecule has 1 aliphatic rings. The highest BCUT2D eigenvalue weighted by atomic mass is 32.2. The lowest BCUT2D eigenvalue weighted by Crippen LogP contribution is -2.43. The average Bonchev–Trinajstić information content (AvgIpc) is 3.79. The fourth-order valence-corrected chi connectivity index (χ4v) is 7.20. The summed E-state index contributed by atoms with van der Waals surface area (Å²) in [6, 6.07) is 17.3. The lowest BCUT2D eigenvalue weighted by Gasteiger charge is -2.32. The third-order valence-corrected chi connectivity index (χ3v) is 10.6. The zero-order valence-corrected chi connectivity index (χ0v) is 24.7. The number of nitrogens with zero attached hydrogens (tertiary/aromatic N) is 2. The van der Waals surface area contributed by atoms with Crippen molar-refractivity contribution in [2.24, 2.45) is 5.92 Å². The summed E-state index contributed by atoms with van der Waals surface area (Å²) in [6.45, 7) is 2.06. The van der Waals surface area contributed by atoms with Crippen molar-refractivity contribution in [2.75, 3.05) is 24.4 Å². The lowest BCUT2D eigenvalue weighted by atomic mass is 9.91. The number of alkyl halides is 3. The van der Waals surface area contributed by atoms with Gasteiger partial charge in [0.2, 0.25) is 10.0 Å². The Kier molecular flexibility index (Phi) is 9.08. The minimum absolute atomic E-state index is 0.0268. The summed E-state index contributed by atoms with van der Waals surface area (Å²) in [4.78, 5) is -0.149. The van der Waals surface area contributed by atoms with Crippen molar-refractivity contribution in [1.82, 2.24) is 4.31 Å². The van der Waals surface area contributed by atoms with Crippen LogP contribution in [-0.2, 0) is 25.6 Å². The molecule has 224 valence electrons. The molecule has 0 aliphatic heterocycles. The van der Waals surface area contributed by atoms with E-state index >= 15 is 0 Å². The molecule has 0 bridgehead atoms. The van der Waals surface area contributed by atoms with Crippen LogP contribution in [-0.4, -0.2) is 52.6 Å². The molecule has 1 aliphatic carbocycles. The van der Waals surface area contributed by atoms with Crippen LogP contribution in [0, 0.1) is 17.8 Å². The van der Waals surface area contributed by atoms with Crippen molar-refractivity contribution < 1.29 is 35.1 Å². The molecule has 12 heteroatoms. The van der Waals surface area contributed by atoms with E-state index in [1.807, 2.05) is 12.8 Å². The summed E-state index contributed by atoms with van der Waals surface area (Å²) in [5.74, 6) is 4.21. The molecule has 3 aromatic rings. The molecule has 1 fully saturated rings. The maximum Gasteiger partial charge on any atom is 0.433 e. The maximum absolute atomic E-state index is 14.6.